The molecular formula is C18H17N3O2. The Morgan fingerprint density at radius 1 is 0.957 bits per heavy atom. The van der Waals surface area contributed by atoms with Crippen LogP contribution in [0.1, 0.15) is 0 Å². The zero-order valence-electron chi connectivity index (χ0n) is 12.7. The third-order valence-corrected chi connectivity index (χ3v) is 4.09. The second kappa shape index (κ2) is 5.85. The summed E-state index contributed by atoms with van der Waals surface area (Å²) in [5, 5.41) is 0. The van der Waals surface area contributed by atoms with Crippen LogP contribution in [0.3, 0.4) is 0 Å². The van der Waals surface area contributed by atoms with Gasteiger partial charge in [-0.15, -0.1) is 0 Å². The van der Waals surface area contributed by atoms with Crippen LogP contribution in [0.5, 0.6) is 0 Å². The van der Waals surface area contributed by atoms with Crippen molar-refractivity contribution in [2.75, 3.05) is 31.2 Å². The molecule has 0 spiro atoms. The van der Waals surface area contributed by atoms with E-state index in [0.29, 0.717) is 24.4 Å². The van der Waals surface area contributed by atoms with Crippen LogP contribution in [0.4, 0.5) is 5.82 Å². The normalized spacial score (nSPS) is 15.0. The number of pyridine rings is 1. The van der Waals surface area contributed by atoms with Crippen LogP contribution in [-0.4, -0.2) is 35.7 Å². The molecule has 4 rings (SSSR count). The Balaban J connectivity index is 2.00. The third kappa shape index (κ3) is 2.49. The van der Waals surface area contributed by atoms with Gasteiger partial charge in [-0.2, -0.15) is 0 Å². The van der Waals surface area contributed by atoms with Crippen LogP contribution in [0.25, 0.3) is 16.8 Å². The lowest BCUT2D eigenvalue weighted by molar-refractivity contribution is 0.122. The van der Waals surface area contributed by atoms with Crippen molar-refractivity contribution in [2.24, 2.45) is 0 Å². The van der Waals surface area contributed by atoms with Crippen LogP contribution in [-0.2, 0) is 4.74 Å². The highest BCUT2D eigenvalue weighted by Gasteiger charge is 2.21. The third-order valence-electron chi connectivity index (χ3n) is 4.09. The minimum Gasteiger partial charge on any atom is -0.378 e. The fraction of sp³-hybridized carbons (Fsp3) is 0.222. The van der Waals surface area contributed by atoms with E-state index in [9.17, 15) is 4.79 Å². The van der Waals surface area contributed by atoms with E-state index in [1.807, 2.05) is 48.5 Å². The molecule has 0 radical (unpaired) electrons. The molecule has 0 atom stereocenters. The number of ether oxygens (including phenoxy) is 1. The molecule has 116 valence electrons. The van der Waals surface area contributed by atoms with Gasteiger partial charge in [0.2, 0.25) is 0 Å². The van der Waals surface area contributed by atoms with Gasteiger partial charge < -0.3 is 9.64 Å². The molecule has 5 heteroatoms. The van der Waals surface area contributed by atoms with Crippen LogP contribution in [0.2, 0.25) is 0 Å². The Morgan fingerprint density at radius 2 is 1.70 bits per heavy atom. The van der Waals surface area contributed by atoms with E-state index in [4.69, 9.17) is 9.72 Å². The van der Waals surface area contributed by atoms with E-state index in [1.165, 1.54) is 0 Å². The largest absolute Gasteiger partial charge is 0.378 e. The summed E-state index contributed by atoms with van der Waals surface area (Å²) in [5.41, 5.74) is 2.17. The highest BCUT2D eigenvalue weighted by molar-refractivity contribution is 5.76. The Hall–Kier alpha value is -2.66. The lowest BCUT2D eigenvalue weighted by atomic mass is 10.1. The number of aromatic nitrogens is 2. The summed E-state index contributed by atoms with van der Waals surface area (Å²) < 4.78 is 7.04. The number of rotatable bonds is 2. The van der Waals surface area contributed by atoms with Crippen molar-refractivity contribution in [1.82, 2.24) is 9.38 Å². The topological polar surface area (TPSA) is 46.8 Å². The second-order valence-electron chi connectivity index (χ2n) is 5.51. The fourth-order valence-corrected chi connectivity index (χ4v) is 2.94. The molecule has 1 aliphatic rings. The van der Waals surface area contributed by atoms with E-state index in [1.54, 1.807) is 10.6 Å². The first-order valence-electron chi connectivity index (χ1n) is 7.74. The summed E-state index contributed by atoms with van der Waals surface area (Å²) in [6.07, 6.45) is 1.76. The van der Waals surface area contributed by atoms with E-state index in [2.05, 4.69) is 4.90 Å². The average Bonchev–Trinajstić information content (AvgIpc) is 2.63. The van der Waals surface area contributed by atoms with Gasteiger partial charge in [0.15, 0.2) is 0 Å². The SMILES string of the molecule is O=c1c(-c2ccccc2)c(N2CCOCC2)nc2ccccn12. The molecule has 0 bridgehead atoms. The maximum absolute atomic E-state index is 13.1. The lowest BCUT2D eigenvalue weighted by Gasteiger charge is -2.29. The minimum atomic E-state index is -0.0386. The van der Waals surface area contributed by atoms with Crippen molar-refractivity contribution < 1.29 is 4.74 Å². The molecule has 3 aromatic rings. The van der Waals surface area contributed by atoms with Gasteiger partial charge in [0, 0.05) is 19.3 Å². The highest BCUT2D eigenvalue weighted by Crippen LogP contribution is 2.27. The molecule has 0 amide bonds. The van der Waals surface area contributed by atoms with Crippen LogP contribution < -0.4 is 10.5 Å². The number of benzene rings is 1. The quantitative estimate of drug-likeness (QED) is 0.728. The Bertz CT molecular complexity index is 884. The van der Waals surface area contributed by atoms with Gasteiger partial charge >= 0.3 is 0 Å². The number of hydrogen-bond donors (Lipinski definition) is 0. The van der Waals surface area contributed by atoms with Crippen molar-refractivity contribution in [3.63, 3.8) is 0 Å². The molecular weight excluding hydrogens is 290 g/mol. The molecule has 0 saturated carbocycles. The van der Waals surface area contributed by atoms with E-state index in [-0.39, 0.29) is 5.56 Å². The molecule has 0 N–H and O–H groups in total. The molecule has 2 aromatic heterocycles. The average molecular weight is 307 g/mol. The Morgan fingerprint density at radius 3 is 2.48 bits per heavy atom. The predicted molar refractivity (Wildman–Crippen MR) is 89.9 cm³/mol. The van der Waals surface area contributed by atoms with Gasteiger partial charge in [0.25, 0.3) is 5.56 Å². The summed E-state index contributed by atoms with van der Waals surface area (Å²) in [5.74, 6) is 0.746. The van der Waals surface area contributed by atoms with Crippen LogP contribution in [0.15, 0.2) is 59.5 Å². The van der Waals surface area contributed by atoms with Gasteiger partial charge in [0.1, 0.15) is 11.5 Å². The molecule has 5 nitrogen and oxygen atoms in total. The maximum atomic E-state index is 13.1. The molecule has 1 fully saturated rings. The van der Waals surface area contributed by atoms with Crippen molar-refractivity contribution in [3.05, 3.63) is 65.1 Å². The molecule has 23 heavy (non-hydrogen) atoms. The van der Waals surface area contributed by atoms with Gasteiger partial charge in [-0.1, -0.05) is 36.4 Å². The number of hydrogen-bond acceptors (Lipinski definition) is 4. The number of morpholine rings is 1. The van der Waals surface area contributed by atoms with Crippen molar-refractivity contribution in [2.45, 2.75) is 0 Å². The molecule has 1 aromatic carbocycles. The highest BCUT2D eigenvalue weighted by atomic mass is 16.5. The molecule has 1 aliphatic heterocycles. The smallest absolute Gasteiger partial charge is 0.267 e. The standard InChI is InChI=1S/C18H17N3O2/c22-18-16(14-6-2-1-3-7-14)17(20-10-12-23-13-11-20)19-15-8-4-5-9-21(15)18/h1-9H,10-13H2. The van der Waals surface area contributed by atoms with Crippen molar-refractivity contribution in [3.8, 4) is 11.1 Å². The molecule has 1 saturated heterocycles. The van der Waals surface area contributed by atoms with Gasteiger partial charge in [-0.3, -0.25) is 9.20 Å². The summed E-state index contributed by atoms with van der Waals surface area (Å²) in [7, 11) is 0. The van der Waals surface area contributed by atoms with Gasteiger partial charge in [-0.05, 0) is 17.7 Å². The van der Waals surface area contributed by atoms with Gasteiger partial charge in [-0.25, -0.2) is 4.98 Å². The first-order chi connectivity index (χ1) is 11.3. The molecule has 0 unspecified atom stereocenters. The zero-order valence-corrected chi connectivity index (χ0v) is 12.7. The predicted octanol–water partition coefficient (Wildman–Crippen LogP) is 2.20. The lowest BCUT2D eigenvalue weighted by Crippen LogP contribution is -2.38. The van der Waals surface area contributed by atoms with E-state index < -0.39 is 0 Å². The minimum absolute atomic E-state index is 0.0386. The number of fused-ring (bicyclic) bond motifs is 1. The van der Waals surface area contributed by atoms with E-state index >= 15 is 0 Å². The fourth-order valence-electron chi connectivity index (χ4n) is 2.94. The van der Waals surface area contributed by atoms with Crippen molar-refractivity contribution >= 4 is 11.5 Å². The number of anilines is 1. The monoisotopic (exact) mass is 307 g/mol. The van der Waals surface area contributed by atoms with Gasteiger partial charge in [0.05, 0.1) is 18.8 Å². The van der Waals surface area contributed by atoms with Crippen LogP contribution >= 0.6 is 0 Å². The van der Waals surface area contributed by atoms with E-state index in [0.717, 1.165) is 24.5 Å². The molecule has 3 heterocycles. The summed E-state index contributed by atoms with van der Waals surface area (Å²) in [4.78, 5) is 20.0. The Kier molecular flexibility index (Phi) is 3.55. The Labute approximate surface area is 133 Å². The summed E-state index contributed by atoms with van der Waals surface area (Å²) in [6.45, 7) is 2.80. The summed E-state index contributed by atoms with van der Waals surface area (Å²) >= 11 is 0. The zero-order chi connectivity index (χ0) is 15.6. The van der Waals surface area contributed by atoms with Crippen LogP contribution in [0, 0.1) is 0 Å². The maximum Gasteiger partial charge on any atom is 0.267 e. The molecule has 0 aliphatic carbocycles. The number of nitrogens with zero attached hydrogens (tertiary/aromatic N) is 3. The summed E-state index contributed by atoms with van der Waals surface area (Å²) in [6, 6.07) is 15.3. The first kappa shape index (κ1) is 14.0. The van der Waals surface area contributed by atoms with Crippen molar-refractivity contribution in [1.29, 1.82) is 0 Å². The second-order valence-corrected chi connectivity index (χ2v) is 5.51. The first-order valence-corrected chi connectivity index (χ1v) is 7.74.